The summed E-state index contributed by atoms with van der Waals surface area (Å²) in [4.78, 5) is 17.9. The predicted molar refractivity (Wildman–Crippen MR) is 81.2 cm³/mol. The molecule has 2 rings (SSSR count). The van der Waals surface area contributed by atoms with E-state index in [-0.39, 0.29) is 23.5 Å². The van der Waals surface area contributed by atoms with Gasteiger partial charge in [0.15, 0.2) is 0 Å². The molecule has 0 saturated carbocycles. The fourth-order valence-corrected chi connectivity index (χ4v) is 2.39. The van der Waals surface area contributed by atoms with E-state index < -0.39 is 11.6 Å². The summed E-state index contributed by atoms with van der Waals surface area (Å²) in [5, 5.41) is 0. The number of halogens is 2. The van der Waals surface area contributed by atoms with E-state index in [0.717, 1.165) is 12.1 Å². The van der Waals surface area contributed by atoms with Crippen molar-refractivity contribution in [1.82, 2.24) is 9.88 Å². The lowest BCUT2D eigenvalue weighted by Crippen LogP contribution is -2.32. The van der Waals surface area contributed by atoms with Crippen molar-refractivity contribution in [3.8, 4) is 11.3 Å². The molecule has 116 valence electrons. The van der Waals surface area contributed by atoms with Crippen molar-refractivity contribution in [1.29, 1.82) is 0 Å². The SMILES string of the molecule is CCN(CC)C(=O)Cc1c(F)ccc(F)c1-c1ccccn1. The van der Waals surface area contributed by atoms with Gasteiger partial charge in [-0.3, -0.25) is 9.78 Å². The molecule has 0 aliphatic carbocycles. The third-order valence-electron chi connectivity index (χ3n) is 3.57. The van der Waals surface area contributed by atoms with E-state index in [2.05, 4.69) is 4.98 Å². The molecule has 0 N–H and O–H groups in total. The van der Waals surface area contributed by atoms with Crippen LogP contribution in [-0.4, -0.2) is 28.9 Å². The molecule has 1 aromatic heterocycles. The summed E-state index contributed by atoms with van der Waals surface area (Å²) < 4.78 is 28.4. The number of rotatable bonds is 5. The minimum absolute atomic E-state index is 0.0515. The van der Waals surface area contributed by atoms with Gasteiger partial charge < -0.3 is 4.90 Å². The highest BCUT2D eigenvalue weighted by atomic mass is 19.1. The third kappa shape index (κ3) is 3.30. The molecule has 0 aliphatic heterocycles. The molecule has 3 nitrogen and oxygen atoms in total. The maximum atomic E-state index is 14.2. The molecule has 0 saturated heterocycles. The van der Waals surface area contributed by atoms with E-state index in [1.165, 1.54) is 6.20 Å². The number of benzene rings is 1. The highest BCUT2D eigenvalue weighted by Crippen LogP contribution is 2.28. The van der Waals surface area contributed by atoms with Gasteiger partial charge in [0.2, 0.25) is 5.91 Å². The second kappa shape index (κ2) is 7.11. The second-order valence-corrected chi connectivity index (χ2v) is 4.84. The Bertz CT molecular complexity index is 655. The average Bonchev–Trinajstić information content (AvgIpc) is 2.53. The van der Waals surface area contributed by atoms with Gasteiger partial charge in [0, 0.05) is 30.4 Å². The summed E-state index contributed by atoms with van der Waals surface area (Å²) in [7, 11) is 0. The fraction of sp³-hybridized carbons (Fsp3) is 0.294. The molecular formula is C17H18F2N2O. The molecule has 0 unspecified atom stereocenters. The minimum atomic E-state index is -0.595. The van der Waals surface area contributed by atoms with Crippen molar-refractivity contribution in [3.05, 3.63) is 53.7 Å². The van der Waals surface area contributed by atoms with Gasteiger partial charge in [-0.15, -0.1) is 0 Å². The first-order valence-corrected chi connectivity index (χ1v) is 7.24. The minimum Gasteiger partial charge on any atom is -0.343 e. The normalized spacial score (nSPS) is 10.5. The molecule has 1 aromatic carbocycles. The van der Waals surface area contributed by atoms with Crippen LogP contribution in [0.1, 0.15) is 19.4 Å². The largest absolute Gasteiger partial charge is 0.343 e. The number of carbonyl (C=O) groups is 1. The monoisotopic (exact) mass is 304 g/mol. The predicted octanol–water partition coefficient (Wildman–Crippen LogP) is 3.44. The molecular weight excluding hydrogens is 286 g/mol. The first-order valence-electron chi connectivity index (χ1n) is 7.24. The maximum absolute atomic E-state index is 14.2. The van der Waals surface area contributed by atoms with Gasteiger partial charge in [-0.05, 0) is 38.1 Å². The lowest BCUT2D eigenvalue weighted by molar-refractivity contribution is -0.130. The molecule has 1 amide bonds. The first kappa shape index (κ1) is 16.1. The lowest BCUT2D eigenvalue weighted by atomic mass is 9.99. The summed E-state index contributed by atoms with van der Waals surface area (Å²) >= 11 is 0. The fourth-order valence-electron chi connectivity index (χ4n) is 2.39. The Balaban J connectivity index is 2.47. The van der Waals surface area contributed by atoms with Crippen molar-refractivity contribution < 1.29 is 13.6 Å². The van der Waals surface area contributed by atoms with Gasteiger partial charge in [0.05, 0.1) is 12.1 Å². The molecule has 0 spiro atoms. The Morgan fingerprint density at radius 1 is 1.09 bits per heavy atom. The van der Waals surface area contributed by atoms with Gasteiger partial charge in [-0.25, -0.2) is 8.78 Å². The van der Waals surface area contributed by atoms with E-state index >= 15 is 0 Å². The number of likely N-dealkylation sites (N-methyl/N-ethyl adjacent to an activating group) is 1. The van der Waals surface area contributed by atoms with Crippen LogP contribution in [0.25, 0.3) is 11.3 Å². The Morgan fingerprint density at radius 3 is 2.36 bits per heavy atom. The van der Waals surface area contributed by atoms with Gasteiger partial charge in [-0.1, -0.05) is 6.07 Å². The Labute approximate surface area is 128 Å². The van der Waals surface area contributed by atoms with Crippen LogP contribution in [0.2, 0.25) is 0 Å². The van der Waals surface area contributed by atoms with E-state index in [1.807, 2.05) is 13.8 Å². The maximum Gasteiger partial charge on any atom is 0.227 e. The lowest BCUT2D eigenvalue weighted by Gasteiger charge is -2.20. The van der Waals surface area contributed by atoms with Crippen LogP contribution in [0.4, 0.5) is 8.78 Å². The smallest absolute Gasteiger partial charge is 0.227 e. The van der Waals surface area contributed by atoms with E-state index in [4.69, 9.17) is 0 Å². The third-order valence-corrected chi connectivity index (χ3v) is 3.57. The van der Waals surface area contributed by atoms with Crippen molar-refractivity contribution in [2.75, 3.05) is 13.1 Å². The zero-order valence-electron chi connectivity index (χ0n) is 12.6. The molecule has 0 fully saturated rings. The van der Waals surface area contributed by atoms with Crippen molar-refractivity contribution >= 4 is 5.91 Å². The Hall–Kier alpha value is -2.30. The molecule has 22 heavy (non-hydrogen) atoms. The molecule has 2 aromatic rings. The first-order chi connectivity index (χ1) is 10.6. The number of amides is 1. The summed E-state index contributed by atoms with van der Waals surface area (Å²) in [5.74, 6) is -1.41. The molecule has 0 radical (unpaired) electrons. The zero-order valence-corrected chi connectivity index (χ0v) is 12.6. The number of carbonyl (C=O) groups excluding carboxylic acids is 1. The zero-order chi connectivity index (χ0) is 16.1. The molecule has 0 bridgehead atoms. The van der Waals surface area contributed by atoms with Gasteiger partial charge in [0.1, 0.15) is 11.6 Å². The molecule has 1 heterocycles. The highest BCUT2D eigenvalue weighted by Gasteiger charge is 2.20. The Kier molecular flexibility index (Phi) is 5.20. The quantitative estimate of drug-likeness (QED) is 0.848. The number of hydrogen-bond donors (Lipinski definition) is 0. The number of pyridine rings is 1. The van der Waals surface area contributed by atoms with E-state index in [0.29, 0.717) is 18.8 Å². The van der Waals surface area contributed by atoms with Crippen LogP contribution in [0.3, 0.4) is 0 Å². The van der Waals surface area contributed by atoms with Gasteiger partial charge in [0.25, 0.3) is 0 Å². The molecule has 5 heteroatoms. The van der Waals surface area contributed by atoms with Crippen LogP contribution in [-0.2, 0) is 11.2 Å². The van der Waals surface area contributed by atoms with E-state index in [9.17, 15) is 13.6 Å². The van der Waals surface area contributed by atoms with Crippen LogP contribution < -0.4 is 0 Å². The Morgan fingerprint density at radius 2 is 1.77 bits per heavy atom. The van der Waals surface area contributed by atoms with Gasteiger partial charge in [-0.2, -0.15) is 0 Å². The summed E-state index contributed by atoms with van der Waals surface area (Å²) in [6, 6.07) is 7.10. The summed E-state index contributed by atoms with van der Waals surface area (Å²) in [6.45, 7) is 4.77. The van der Waals surface area contributed by atoms with Gasteiger partial charge >= 0.3 is 0 Å². The van der Waals surface area contributed by atoms with Crippen molar-refractivity contribution in [2.45, 2.75) is 20.3 Å². The summed E-state index contributed by atoms with van der Waals surface area (Å²) in [6.07, 6.45) is 1.33. The molecule has 0 atom stereocenters. The summed E-state index contributed by atoms with van der Waals surface area (Å²) in [5.41, 5.74) is 0.429. The highest BCUT2D eigenvalue weighted by molar-refractivity contribution is 5.81. The number of hydrogen-bond acceptors (Lipinski definition) is 2. The topological polar surface area (TPSA) is 33.2 Å². The average molecular weight is 304 g/mol. The van der Waals surface area contributed by atoms with Crippen molar-refractivity contribution in [3.63, 3.8) is 0 Å². The van der Waals surface area contributed by atoms with Crippen LogP contribution in [0.15, 0.2) is 36.5 Å². The number of nitrogens with zero attached hydrogens (tertiary/aromatic N) is 2. The van der Waals surface area contributed by atoms with Crippen molar-refractivity contribution in [2.24, 2.45) is 0 Å². The molecule has 0 aliphatic rings. The van der Waals surface area contributed by atoms with Crippen LogP contribution in [0.5, 0.6) is 0 Å². The number of aromatic nitrogens is 1. The second-order valence-electron chi connectivity index (χ2n) is 4.84. The van der Waals surface area contributed by atoms with E-state index in [1.54, 1.807) is 23.1 Å². The standard InChI is InChI=1S/C17H18F2N2O/c1-3-21(4-2)16(22)11-12-13(18)8-9-14(19)17(12)15-7-5-6-10-20-15/h5-10H,3-4,11H2,1-2H3. The van der Waals surface area contributed by atoms with Crippen LogP contribution in [0, 0.1) is 11.6 Å². The van der Waals surface area contributed by atoms with Crippen LogP contribution >= 0.6 is 0 Å².